The van der Waals surface area contributed by atoms with Crippen molar-refractivity contribution < 1.29 is 28.6 Å². The van der Waals surface area contributed by atoms with Crippen LogP contribution >= 0.6 is 11.8 Å². The molecule has 0 bridgehead atoms. The lowest BCUT2D eigenvalue weighted by atomic mass is 10.1. The van der Waals surface area contributed by atoms with E-state index < -0.39 is 23.6 Å². The quantitative estimate of drug-likeness (QED) is 0.767. The highest BCUT2D eigenvalue weighted by molar-refractivity contribution is 8.18. The first kappa shape index (κ1) is 17.7. The molecule has 2 rings (SSSR count). The summed E-state index contributed by atoms with van der Waals surface area (Å²) in [7, 11) is 4.41. The maximum absolute atomic E-state index is 12.2. The average molecular weight is 352 g/mol. The van der Waals surface area contributed by atoms with Crippen LogP contribution in [0.3, 0.4) is 0 Å². The predicted molar refractivity (Wildman–Crippen MR) is 88.0 cm³/mol. The topological polar surface area (TPSA) is 108 Å². The molecular formula is C15H16N2O6S. The maximum Gasteiger partial charge on any atom is 0.294 e. The van der Waals surface area contributed by atoms with Gasteiger partial charge in [0.25, 0.3) is 11.1 Å². The van der Waals surface area contributed by atoms with E-state index in [0.717, 1.165) is 16.7 Å². The molecule has 0 unspecified atom stereocenters. The van der Waals surface area contributed by atoms with Gasteiger partial charge in [-0.25, -0.2) is 0 Å². The second-order valence-electron chi connectivity index (χ2n) is 4.66. The van der Waals surface area contributed by atoms with Gasteiger partial charge < -0.3 is 19.9 Å². The summed E-state index contributed by atoms with van der Waals surface area (Å²) >= 11 is 0.724. The van der Waals surface area contributed by atoms with Crippen LogP contribution in [0.25, 0.3) is 6.08 Å². The van der Waals surface area contributed by atoms with Crippen molar-refractivity contribution in [3.05, 3.63) is 22.6 Å². The Labute approximate surface area is 142 Å². The van der Waals surface area contributed by atoms with E-state index in [-0.39, 0.29) is 4.91 Å². The fourth-order valence-electron chi connectivity index (χ4n) is 2.17. The first-order valence-electron chi connectivity index (χ1n) is 6.75. The second kappa shape index (κ2) is 7.26. The molecular weight excluding hydrogens is 336 g/mol. The van der Waals surface area contributed by atoms with Crippen LogP contribution in [0.15, 0.2) is 17.0 Å². The number of carbonyl (C=O) groups is 3. The summed E-state index contributed by atoms with van der Waals surface area (Å²) in [5.41, 5.74) is 5.57. The first-order valence-corrected chi connectivity index (χ1v) is 7.57. The Bertz CT molecular complexity index is 731. The number of hydrogen-bond acceptors (Lipinski definition) is 7. The summed E-state index contributed by atoms with van der Waals surface area (Å²) in [6.07, 6.45) is 1.49. The standard InChI is InChI=1S/C15H16N2O6S/c1-21-9-5-4-8(12(22-2)13(9)23-3)6-10-14(19)17(7-11(16)18)15(20)24-10/h4-6H,7H2,1-3H3,(H2,16,18)/b10-6-. The molecule has 0 aliphatic carbocycles. The highest BCUT2D eigenvalue weighted by atomic mass is 32.2. The molecule has 8 nitrogen and oxygen atoms in total. The number of imide groups is 1. The minimum Gasteiger partial charge on any atom is -0.493 e. The summed E-state index contributed by atoms with van der Waals surface area (Å²) in [4.78, 5) is 36.0. The van der Waals surface area contributed by atoms with Gasteiger partial charge in [-0.1, -0.05) is 0 Å². The van der Waals surface area contributed by atoms with Crippen molar-refractivity contribution in [2.24, 2.45) is 5.73 Å². The zero-order valence-electron chi connectivity index (χ0n) is 13.3. The van der Waals surface area contributed by atoms with E-state index >= 15 is 0 Å². The van der Waals surface area contributed by atoms with Crippen LogP contribution in [-0.2, 0) is 9.59 Å². The third-order valence-corrected chi connectivity index (χ3v) is 4.12. The minimum absolute atomic E-state index is 0.159. The Morgan fingerprint density at radius 2 is 1.83 bits per heavy atom. The SMILES string of the molecule is COc1ccc(/C=C2\SC(=O)N(CC(N)=O)C2=O)c(OC)c1OC. The summed E-state index contributed by atoms with van der Waals surface area (Å²) in [5, 5.41) is -0.551. The highest BCUT2D eigenvalue weighted by Crippen LogP contribution is 2.42. The van der Waals surface area contributed by atoms with Crippen molar-refractivity contribution in [1.29, 1.82) is 0 Å². The Morgan fingerprint density at radius 3 is 2.38 bits per heavy atom. The van der Waals surface area contributed by atoms with Gasteiger partial charge in [-0.2, -0.15) is 0 Å². The molecule has 1 saturated heterocycles. The number of nitrogens with zero attached hydrogens (tertiary/aromatic N) is 1. The number of methoxy groups -OCH3 is 3. The maximum atomic E-state index is 12.2. The van der Waals surface area contributed by atoms with Gasteiger partial charge in [-0.05, 0) is 30.0 Å². The number of nitrogens with two attached hydrogens (primary N) is 1. The normalized spacial score (nSPS) is 15.8. The minimum atomic E-state index is -0.762. The fourth-order valence-corrected chi connectivity index (χ4v) is 3.00. The lowest BCUT2D eigenvalue weighted by Gasteiger charge is -2.14. The lowest BCUT2D eigenvalue weighted by molar-refractivity contribution is -0.127. The fraction of sp³-hybridized carbons (Fsp3) is 0.267. The third-order valence-electron chi connectivity index (χ3n) is 3.21. The predicted octanol–water partition coefficient (Wildman–Crippen LogP) is 1.23. The zero-order chi connectivity index (χ0) is 17.9. The van der Waals surface area contributed by atoms with Crippen molar-refractivity contribution in [3.63, 3.8) is 0 Å². The Balaban J connectivity index is 2.43. The number of amides is 3. The number of benzene rings is 1. The van der Waals surface area contributed by atoms with E-state index in [0.29, 0.717) is 22.8 Å². The largest absolute Gasteiger partial charge is 0.493 e. The number of thioether (sulfide) groups is 1. The molecule has 1 aromatic carbocycles. The van der Waals surface area contributed by atoms with Crippen molar-refractivity contribution in [2.45, 2.75) is 0 Å². The van der Waals surface area contributed by atoms with Crippen molar-refractivity contribution in [3.8, 4) is 17.2 Å². The van der Waals surface area contributed by atoms with E-state index in [1.165, 1.54) is 27.4 Å². The van der Waals surface area contributed by atoms with Gasteiger partial charge in [0.15, 0.2) is 11.5 Å². The van der Waals surface area contributed by atoms with Crippen LogP contribution in [-0.4, -0.2) is 49.8 Å². The first-order chi connectivity index (χ1) is 11.4. The van der Waals surface area contributed by atoms with Gasteiger partial charge in [0.05, 0.1) is 26.2 Å². The molecule has 1 aromatic rings. The monoisotopic (exact) mass is 352 g/mol. The van der Waals surface area contributed by atoms with Crippen LogP contribution in [0, 0.1) is 0 Å². The molecule has 1 aliphatic heterocycles. The summed E-state index contributed by atoms with van der Waals surface area (Å²) < 4.78 is 15.8. The van der Waals surface area contributed by atoms with Crippen LogP contribution in [0.2, 0.25) is 0 Å². The molecule has 3 amide bonds. The van der Waals surface area contributed by atoms with E-state index in [1.54, 1.807) is 12.1 Å². The number of rotatable bonds is 6. The highest BCUT2D eigenvalue weighted by Gasteiger charge is 2.36. The van der Waals surface area contributed by atoms with Gasteiger partial charge in [0, 0.05) is 5.56 Å². The molecule has 1 fully saturated rings. The molecule has 0 aromatic heterocycles. The zero-order valence-corrected chi connectivity index (χ0v) is 14.1. The van der Waals surface area contributed by atoms with Gasteiger partial charge in [0.1, 0.15) is 6.54 Å². The Hall–Kier alpha value is -2.68. The molecule has 0 saturated carbocycles. The van der Waals surface area contributed by atoms with Gasteiger partial charge in [-0.3, -0.25) is 19.3 Å². The molecule has 128 valence electrons. The summed E-state index contributed by atoms with van der Waals surface area (Å²) in [6, 6.07) is 3.32. The van der Waals surface area contributed by atoms with Gasteiger partial charge in [-0.15, -0.1) is 0 Å². The summed E-state index contributed by atoms with van der Waals surface area (Å²) in [6.45, 7) is -0.453. The smallest absolute Gasteiger partial charge is 0.294 e. The van der Waals surface area contributed by atoms with Crippen molar-refractivity contribution in [2.75, 3.05) is 27.9 Å². The number of ether oxygens (including phenoxy) is 3. The van der Waals surface area contributed by atoms with E-state index in [2.05, 4.69) is 0 Å². The van der Waals surface area contributed by atoms with E-state index in [9.17, 15) is 14.4 Å². The van der Waals surface area contributed by atoms with Crippen LogP contribution in [0.4, 0.5) is 4.79 Å². The van der Waals surface area contributed by atoms with Crippen LogP contribution < -0.4 is 19.9 Å². The molecule has 0 spiro atoms. The average Bonchev–Trinajstić information content (AvgIpc) is 2.81. The Kier molecular flexibility index (Phi) is 5.35. The molecule has 1 aliphatic rings. The molecule has 0 radical (unpaired) electrons. The molecule has 24 heavy (non-hydrogen) atoms. The van der Waals surface area contributed by atoms with Crippen LogP contribution in [0.5, 0.6) is 17.2 Å². The van der Waals surface area contributed by atoms with E-state index in [1.807, 2.05) is 0 Å². The molecule has 9 heteroatoms. The lowest BCUT2D eigenvalue weighted by Crippen LogP contribution is -2.36. The Morgan fingerprint density at radius 1 is 1.17 bits per heavy atom. The molecule has 2 N–H and O–H groups in total. The summed E-state index contributed by atoms with van der Waals surface area (Å²) in [5.74, 6) is -0.153. The van der Waals surface area contributed by atoms with Crippen LogP contribution in [0.1, 0.15) is 5.56 Å². The van der Waals surface area contributed by atoms with E-state index in [4.69, 9.17) is 19.9 Å². The van der Waals surface area contributed by atoms with Crippen molar-refractivity contribution in [1.82, 2.24) is 4.90 Å². The third kappa shape index (κ3) is 3.30. The molecule has 0 atom stereocenters. The van der Waals surface area contributed by atoms with Gasteiger partial charge >= 0.3 is 0 Å². The molecule has 1 heterocycles. The second-order valence-corrected chi connectivity index (χ2v) is 5.65. The van der Waals surface area contributed by atoms with Crippen molar-refractivity contribution >= 4 is 34.9 Å². The number of primary amides is 1. The number of carbonyl (C=O) groups excluding carboxylic acids is 3. The number of hydrogen-bond donors (Lipinski definition) is 1. The van der Waals surface area contributed by atoms with Gasteiger partial charge in [0.2, 0.25) is 11.7 Å².